The number of hydrogen-bond acceptors (Lipinski definition) is 2. The summed E-state index contributed by atoms with van der Waals surface area (Å²) in [6, 6.07) is 5.37. The van der Waals surface area contributed by atoms with Gasteiger partial charge in [0.2, 0.25) is 5.91 Å². The molecule has 116 valence electrons. The zero-order valence-electron chi connectivity index (χ0n) is 11.9. The summed E-state index contributed by atoms with van der Waals surface area (Å²) in [5.41, 5.74) is -0.673. The number of carbonyl (C=O) groups is 1. The molecule has 3 nitrogen and oxygen atoms in total. The van der Waals surface area contributed by atoms with Crippen molar-refractivity contribution in [1.29, 1.82) is 0 Å². The summed E-state index contributed by atoms with van der Waals surface area (Å²) in [5, 5.41) is 3.02. The van der Waals surface area contributed by atoms with Crippen LogP contribution < -0.4 is 5.32 Å². The van der Waals surface area contributed by atoms with E-state index in [1.807, 2.05) is 0 Å². The molecule has 1 fully saturated rings. The average Bonchev–Trinajstić information content (AvgIpc) is 2.87. The molecule has 1 atom stereocenters. The fraction of sp³-hybridized carbons (Fsp3) is 0.533. The lowest BCUT2D eigenvalue weighted by Gasteiger charge is -2.25. The Hall–Kier alpha value is -1.56. The lowest BCUT2D eigenvalue weighted by Crippen LogP contribution is -2.41. The van der Waals surface area contributed by atoms with Crippen LogP contribution in [0.2, 0.25) is 0 Å². The highest BCUT2D eigenvalue weighted by Gasteiger charge is 2.34. The average molecular weight is 300 g/mol. The van der Waals surface area contributed by atoms with E-state index in [1.54, 1.807) is 11.9 Å². The molecule has 6 heteroatoms. The van der Waals surface area contributed by atoms with Gasteiger partial charge in [0.25, 0.3) is 0 Å². The lowest BCUT2D eigenvalue weighted by molar-refractivity contribution is -0.138. The maximum Gasteiger partial charge on any atom is 0.416 e. The Morgan fingerprint density at radius 2 is 2.10 bits per heavy atom. The Balaban J connectivity index is 2.13. The number of nitrogens with one attached hydrogen (secondary N) is 1. The Kier molecular flexibility index (Phi) is 4.88. The van der Waals surface area contributed by atoms with Crippen molar-refractivity contribution >= 4 is 5.91 Å². The Bertz CT molecular complexity index is 502. The van der Waals surface area contributed by atoms with Crippen molar-refractivity contribution in [3.05, 3.63) is 35.4 Å². The van der Waals surface area contributed by atoms with E-state index in [2.05, 4.69) is 5.32 Å². The maximum absolute atomic E-state index is 12.9. The van der Waals surface area contributed by atoms with Gasteiger partial charge in [-0.05, 0) is 31.5 Å². The van der Waals surface area contributed by atoms with Crippen LogP contribution in [0.5, 0.6) is 0 Å². The first kappa shape index (κ1) is 15.8. The van der Waals surface area contributed by atoms with Gasteiger partial charge in [-0.2, -0.15) is 13.2 Å². The summed E-state index contributed by atoms with van der Waals surface area (Å²) in [4.78, 5) is 14.0. The topological polar surface area (TPSA) is 32.3 Å². The number of benzene rings is 1. The molecule has 1 N–H and O–H groups in total. The minimum Gasteiger partial charge on any atom is -0.338 e. The number of hydrogen-bond donors (Lipinski definition) is 1. The highest BCUT2D eigenvalue weighted by atomic mass is 19.4. The number of alkyl halides is 3. The summed E-state index contributed by atoms with van der Waals surface area (Å²) in [6.45, 7) is 1.30. The first-order chi connectivity index (χ1) is 9.93. The normalized spacial score (nSPS) is 19.0. The van der Waals surface area contributed by atoms with Crippen LogP contribution in [0.15, 0.2) is 24.3 Å². The summed E-state index contributed by atoms with van der Waals surface area (Å²) in [6.07, 6.45) is -2.82. The Labute approximate surface area is 122 Å². The van der Waals surface area contributed by atoms with E-state index in [0.717, 1.165) is 18.9 Å². The van der Waals surface area contributed by atoms with Crippen LogP contribution in [0.3, 0.4) is 0 Å². The number of halogens is 3. The molecule has 1 aliphatic rings. The molecular formula is C15H19F3N2O. The van der Waals surface area contributed by atoms with Gasteiger partial charge < -0.3 is 10.2 Å². The second kappa shape index (κ2) is 6.47. The molecule has 0 aromatic heterocycles. The molecule has 21 heavy (non-hydrogen) atoms. The summed E-state index contributed by atoms with van der Waals surface area (Å²) in [5.74, 6) is -0.232. The van der Waals surface area contributed by atoms with Crippen LogP contribution in [0.25, 0.3) is 0 Å². The van der Waals surface area contributed by atoms with E-state index >= 15 is 0 Å². The third-order valence-electron chi connectivity index (χ3n) is 3.80. The zero-order chi connectivity index (χ0) is 15.5. The number of nitrogens with zero attached hydrogens (tertiary/aromatic N) is 1. The molecular weight excluding hydrogens is 281 g/mol. The quantitative estimate of drug-likeness (QED) is 0.926. The van der Waals surface area contributed by atoms with Gasteiger partial charge in [-0.3, -0.25) is 4.79 Å². The second-order valence-corrected chi connectivity index (χ2v) is 5.27. The van der Waals surface area contributed by atoms with Crippen LogP contribution >= 0.6 is 0 Å². The standard InChI is InChI=1S/C15H19F3N2O/c1-19-10-12-6-4-8-20(12)14(21)9-11-5-2-3-7-13(11)15(16,17)18/h2-3,5,7,12,19H,4,6,8-10H2,1H3/t12-/m0/s1. The van der Waals surface area contributed by atoms with Crippen LogP contribution in [0.4, 0.5) is 13.2 Å². The largest absolute Gasteiger partial charge is 0.416 e. The molecule has 1 saturated heterocycles. The van der Waals surface area contributed by atoms with Gasteiger partial charge in [0, 0.05) is 19.1 Å². The molecule has 1 aromatic carbocycles. The minimum atomic E-state index is -4.42. The number of carbonyl (C=O) groups excluding carboxylic acids is 1. The van der Waals surface area contributed by atoms with Crippen molar-refractivity contribution in [2.75, 3.05) is 20.1 Å². The molecule has 0 spiro atoms. The highest BCUT2D eigenvalue weighted by Crippen LogP contribution is 2.32. The first-order valence-electron chi connectivity index (χ1n) is 7.02. The molecule has 0 saturated carbocycles. The van der Waals surface area contributed by atoms with Crippen molar-refractivity contribution in [2.45, 2.75) is 31.5 Å². The van der Waals surface area contributed by atoms with Crippen LogP contribution in [0.1, 0.15) is 24.0 Å². The smallest absolute Gasteiger partial charge is 0.338 e. The summed E-state index contributed by atoms with van der Waals surface area (Å²) in [7, 11) is 1.81. The summed E-state index contributed by atoms with van der Waals surface area (Å²) < 4.78 is 38.8. The van der Waals surface area contributed by atoms with E-state index in [9.17, 15) is 18.0 Å². The molecule has 0 bridgehead atoms. The van der Waals surface area contributed by atoms with Crippen LogP contribution in [-0.2, 0) is 17.4 Å². The maximum atomic E-state index is 12.9. The van der Waals surface area contributed by atoms with Crippen LogP contribution in [-0.4, -0.2) is 37.0 Å². The number of amides is 1. The summed E-state index contributed by atoms with van der Waals surface area (Å²) >= 11 is 0. The van der Waals surface area contributed by atoms with E-state index in [4.69, 9.17) is 0 Å². The van der Waals surface area contributed by atoms with Gasteiger partial charge in [-0.1, -0.05) is 18.2 Å². The molecule has 0 aliphatic carbocycles. The minimum absolute atomic E-state index is 0.0464. The number of rotatable bonds is 4. The third-order valence-corrected chi connectivity index (χ3v) is 3.80. The molecule has 1 aromatic rings. The van der Waals surface area contributed by atoms with Gasteiger partial charge in [-0.25, -0.2) is 0 Å². The van der Waals surface area contributed by atoms with Gasteiger partial charge in [-0.15, -0.1) is 0 Å². The van der Waals surface area contributed by atoms with E-state index < -0.39 is 11.7 Å². The van der Waals surface area contributed by atoms with Gasteiger partial charge >= 0.3 is 6.18 Å². The Morgan fingerprint density at radius 3 is 2.76 bits per heavy atom. The number of likely N-dealkylation sites (tertiary alicyclic amines) is 1. The Morgan fingerprint density at radius 1 is 1.38 bits per heavy atom. The van der Waals surface area contributed by atoms with Crippen molar-refractivity contribution in [3.8, 4) is 0 Å². The molecule has 1 aliphatic heterocycles. The zero-order valence-corrected chi connectivity index (χ0v) is 11.9. The third kappa shape index (κ3) is 3.75. The van der Waals surface area contributed by atoms with Gasteiger partial charge in [0.15, 0.2) is 0 Å². The van der Waals surface area contributed by atoms with E-state index in [1.165, 1.54) is 18.2 Å². The monoisotopic (exact) mass is 300 g/mol. The van der Waals surface area contributed by atoms with Gasteiger partial charge in [0.05, 0.1) is 12.0 Å². The van der Waals surface area contributed by atoms with E-state index in [0.29, 0.717) is 13.1 Å². The predicted octanol–water partition coefficient (Wildman–Crippen LogP) is 2.46. The van der Waals surface area contributed by atoms with Crippen molar-refractivity contribution < 1.29 is 18.0 Å². The van der Waals surface area contributed by atoms with E-state index in [-0.39, 0.29) is 23.9 Å². The fourth-order valence-electron chi connectivity index (χ4n) is 2.83. The molecule has 1 heterocycles. The lowest BCUT2D eigenvalue weighted by atomic mass is 10.0. The molecule has 0 radical (unpaired) electrons. The molecule has 1 amide bonds. The predicted molar refractivity (Wildman–Crippen MR) is 73.8 cm³/mol. The van der Waals surface area contributed by atoms with Crippen molar-refractivity contribution in [1.82, 2.24) is 10.2 Å². The van der Waals surface area contributed by atoms with Gasteiger partial charge in [0.1, 0.15) is 0 Å². The molecule has 2 rings (SSSR count). The second-order valence-electron chi connectivity index (χ2n) is 5.27. The van der Waals surface area contributed by atoms with Crippen LogP contribution in [0, 0.1) is 0 Å². The van der Waals surface area contributed by atoms with Crippen molar-refractivity contribution in [2.24, 2.45) is 0 Å². The van der Waals surface area contributed by atoms with Crippen molar-refractivity contribution in [3.63, 3.8) is 0 Å². The number of likely N-dealkylation sites (N-methyl/N-ethyl adjacent to an activating group) is 1. The highest BCUT2D eigenvalue weighted by molar-refractivity contribution is 5.79. The SMILES string of the molecule is CNC[C@@H]1CCCN1C(=O)Cc1ccccc1C(F)(F)F. The fourth-order valence-corrected chi connectivity index (χ4v) is 2.83. The first-order valence-corrected chi connectivity index (χ1v) is 7.02. The molecule has 0 unspecified atom stereocenters.